The second-order valence-corrected chi connectivity index (χ2v) is 8.99. The van der Waals surface area contributed by atoms with E-state index in [0.29, 0.717) is 12.4 Å². The van der Waals surface area contributed by atoms with Gasteiger partial charge in [-0.25, -0.2) is 9.97 Å². The number of anilines is 1. The molecule has 1 heterocycles. The van der Waals surface area contributed by atoms with E-state index in [1.165, 1.54) is 11.1 Å². The van der Waals surface area contributed by atoms with E-state index in [1.54, 1.807) is 4.90 Å². The molecule has 1 atom stereocenters. The van der Waals surface area contributed by atoms with Crippen LogP contribution in [0.3, 0.4) is 0 Å². The Hall–Kier alpha value is -2.99. The Balaban J connectivity index is 1.46. The van der Waals surface area contributed by atoms with Crippen molar-refractivity contribution in [3.63, 3.8) is 0 Å². The summed E-state index contributed by atoms with van der Waals surface area (Å²) in [5.41, 5.74) is 3.58. The minimum absolute atomic E-state index is 0.0268. The number of carbonyl (C=O) groups excluding carboxylic acids is 1. The van der Waals surface area contributed by atoms with Crippen molar-refractivity contribution in [2.24, 2.45) is 5.92 Å². The Kier molecular flexibility index (Phi) is 7.00. The monoisotopic (exact) mass is 431 g/mol. The second kappa shape index (κ2) is 10.1. The van der Waals surface area contributed by atoms with Gasteiger partial charge >= 0.3 is 0 Å². The summed E-state index contributed by atoms with van der Waals surface area (Å²) in [5.74, 6) is 1.72. The highest BCUT2D eigenvalue weighted by molar-refractivity contribution is 5.89. The molecule has 0 aliphatic heterocycles. The van der Waals surface area contributed by atoms with Gasteiger partial charge in [0, 0.05) is 24.9 Å². The van der Waals surface area contributed by atoms with Gasteiger partial charge in [0.1, 0.15) is 5.82 Å². The van der Waals surface area contributed by atoms with E-state index < -0.39 is 0 Å². The van der Waals surface area contributed by atoms with Crippen LogP contribution < -0.4 is 5.32 Å². The average molecular weight is 432 g/mol. The second-order valence-electron chi connectivity index (χ2n) is 8.99. The van der Waals surface area contributed by atoms with Crippen molar-refractivity contribution in [3.05, 3.63) is 65.5 Å². The number of nitrogens with one attached hydrogen (secondary N) is 1. The summed E-state index contributed by atoms with van der Waals surface area (Å²) >= 11 is 0. The lowest BCUT2D eigenvalue weighted by molar-refractivity contribution is -0.135. The predicted octanol–water partition coefficient (Wildman–Crippen LogP) is 3.76. The Morgan fingerprint density at radius 1 is 1.03 bits per heavy atom. The molecule has 32 heavy (non-hydrogen) atoms. The number of hydrogen-bond donors (Lipinski definition) is 1. The summed E-state index contributed by atoms with van der Waals surface area (Å²) in [5, 5.41) is 4.49. The molecule has 1 aliphatic rings. The largest absolute Gasteiger partial charge is 0.369 e. The summed E-state index contributed by atoms with van der Waals surface area (Å²) in [4.78, 5) is 26.7. The third kappa shape index (κ3) is 5.25. The zero-order valence-corrected chi connectivity index (χ0v) is 19.3. The first-order chi connectivity index (χ1) is 15.5. The van der Waals surface area contributed by atoms with Gasteiger partial charge in [-0.05, 0) is 69.6 Å². The fraction of sp³-hybridized carbons (Fsp3) is 0.423. The van der Waals surface area contributed by atoms with Crippen LogP contribution in [0.5, 0.6) is 0 Å². The van der Waals surface area contributed by atoms with E-state index in [-0.39, 0.29) is 11.8 Å². The molecule has 1 unspecified atom stereocenters. The molecule has 6 heteroatoms. The molecule has 0 bridgehead atoms. The summed E-state index contributed by atoms with van der Waals surface area (Å²) in [7, 11) is 6.03. The number of hydrogen-bond acceptors (Lipinski definition) is 5. The molecule has 1 aromatic heterocycles. The number of aromatic nitrogens is 2. The molecule has 1 aliphatic carbocycles. The summed E-state index contributed by atoms with van der Waals surface area (Å²) in [6.07, 6.45) is 3.71. The van der Waals surface area contributed by atoms with Gasteiger partial charge in [-0.2, -0.15) is 0 Å². The fourth-order valence-electron chi connectivity index (χ4n) is 4.44. The van der Waals surface area contributed by atoms with Gasteiger partial charge in [0.25, 0.3) is 0 Å². The predicted molar refractivity (Wildman–Crippen MR) is 130 cm³/mol. The number of benzene rings is 2. The van der Waals surface area contributed by atoms with Crippen molar-refractivity contribution in [2.75, 3.05) is 39.5 Å². The molecule has 0 spiro atoms. The van der Waals surface area contributed by atoms with Gasteiger partial charge in [-0.3, -0.25) is 4.79 Å². The third-order valence-corrected chi connectivity index (χ3v) is 6.17. The first kappa shape index (κ1) is 22.2. The van der Waals surface area contributed by atoms with Gasteiger partial charge in [0.15, 0.2) is 5.82 Å². The Morgan fingerprint density at radius 2 is 1.78 bits per heavy atom. The standard InChI is InChI=1S/C26H33N5O/c1-30(2)16-8-15-27-25-22-11-6-7-12-23(22)28-24(29-25)18-31(3)26(32)21-14-13-19-9-4-5-10-20(19)17-21/h4-7,9-12,21H,8,13-18H2,1-3H3,(H,27,28,29). The van der Waals surface area contributed by atoms with Crippen LogP contribution in [0.25, 0.3) is 10.9 Å². The highest BCUT2D eigenvalue weighted by atomic mass is 16.2. The summed E-state index contributed by atoms with van der Waals surface area (Å²) in [6.45, 7) is 2.27. The number of nitrogens with zero attached hydrogens (tertiary/aromatic N) is 4. The number of aryl methyl sites for hydroxylation is 1. The maximum Gasteiger partial charge on any atom is 0.226 e. The van der Waals surface area contributed by atoms with Crippen LogP contribution in [0.2, 0.25) is 0 Å². The van der Waals surface area contributed by atoms with Crippen molar-refractivity contribution in [1.29, 1.82) is 0 Å². The molecule has 4 rings (SSSR count). The van der Waals surface area contributed by atoms with E-state index in [1.807, 2.05) is 31.3 Å². The maximum atomic E-state index is 13.2. The minimum Gasteiger partial charge on any atom is -0.369 e. The van der Waals surface area contributed by atoms with Gasteiger partial charge in [0.2, 0.25) is 5.91 Å². The molecule has 6 nitrogen and oxygen atoms in total. The topological polar surface area (TPSA) is 61.4 Å². The van der Waals surface area contributed by atoms with Gasteiger partial charge in [-0.15, -0.1) is 0 Å². The number of amides is 1. The SMILES string of the molecule is CN(C)CCCNc1nc(CN(C)C(=O)C2CCc3ccccc3C2)nc2ccccc12. The molecule has 2 aromatic carbocycles. The van der Waals surface area contributed by atoms with Crippen molar-refractivity contribution in [1.82, 2.24) is 19.8 Å². The van der Waals surface area contributed by atoms with E-state index in [0.717, 1.165) is 55.5 Å². The Bertz CT molecular complexity index is 1080. The van der Waals surface area contributed by atoms with Crippen LogP contribution >= 0.6 is 0 Å². The minimum atomic E-state index is 0.0268. The van der Waals surface area contributed by atoms with E-state index in [2.05, 4.69) is 48.6 Å². The van der Waals surface area contributed by atoms with E-state index >= 15 is 0 Å². The van der Waals surface area contributed by atoms with Gasteiger partial charge < -0.3 is 15.1 Å². The van der Waals surface area contributed by atoms with Crippen LogP contribution in [0, 0.1) is 5.92 Å². The molecule has 0 radical (unpaired) electrons. The van der Waals surface area contributed by atoms with Crippen LogP contribution in [-0.2, 0) is 24.2 Å². The number of rotatable bonds is 8. The zero-order valence-electron chi connectivity index (χ0n) is 19.3. The van der Waals surface area contributed by atoms with Crippen molar-refractivity contribution < 1.29 is 4.79 Å². The average Bonchev–Trinajstić information content (AvgIpc) is 2.80. The highest BCUT2D eigenvalue weighted by Crippen LogP contribution is 2.27. The Labute approximate surface area is 190 Å². The number of para-hydroxylation sites is 1. The van der Waals surface area contributed by atoms with Crippen molar-refractivity contribution >= 4 is 22.6 Å². The van der Waals surface area contributed by atoms with Crippen LogP contribution in [0.1, 0.15) is 29.8 Å². The van der Waals surface area contributed by atoms with Crippen LogP contribution in [0.4, 0.5) is 5.82 Å². The lowest BCUT2D eigenvalue weighted by Gasteiger charge is -2.27. The molecule has 3 aromatic rings. The lowest BCUT2D eigenvalue weighted by Crippen LogP contribution is -2.35. The smallest absolute Gasteiger partial charge is 0.226 e. The first-order valence-electron chi connectivity index (χ1n) is 11.5. The van der Waals surface area contributed by atoms with Crippen molar-refractivity contribution in [2.45, 2.75) is 32.2 Å². The molecule has 1 N–H and O–H groups in total. The van der Waals surface area contributed by atoms with Crippen LogP contribution in [-0.4, -0.2) is 59.9 Å². The highest BCUT2D eigenvalue weighted by Gasteiger charge is 2.27. The van der Waals surface area contributed by atoms with Crippen molar-refractivity contribution in [3.8, 4) is 0 Å². The Morgan fingerprint density at radius 3 is 2.59 bits per heavy atom. The quantitative estimate of drug-likeness (QED) is 0.551. The molecular formula is C26H33N5O. The molecule has 0 fully saturated rings. The lowest BCUT2D eigenvalue weighted by atomic mass is 9.83. The molecular weight excluding hydrogens is 398 g/mol. The summed E-state index contributed by atoms with van der Waals surface area (Å²) < 4.78 is 0. The number of carbonyl (C=O) groups is 1. The van der Waals surface area contributed by atoms with Gasteiger partial charge in [-0.1, -0.05) is 36.4 Å². The molecule has 1 amide bonds. The first-order valence-corrected chi connectivity index (χ1v) is 11.5. The normalized spacial score (nSPS) is 15.6. The number of fused-ring (bicyclic) bond motifs is 2. The maximum absolute atomic E-state index is 13.2. The fourth-order valence-corrected chi connectivity index (χ4v) is 4.44. The molecule has 168 valence electrons. The molecule has 0 saturated carbocycles. The van der Waals surface area contributed by atoms with E-state index in [4.69, 9.17) is 9.97 Å². The molecule has 0 saturated heterocycles. The van der Waals surface area contributed by atoms with Crippen LogP contribution in [0.15, 0.2) is 48.5 Å². The van der Waals surface area contributed by atoms with E-state index in [9.17, 15) is 4.79 Å². The summed E-state index contributed by atoms with van der Waals surface area (Å²) in [6, 6.07) is 16.5. The third-order valence-electron chi connectivity index (χ3n) is 6.17. The zero-order chi connectivity index (χ0) is 22.5. The van der Waals surface area contributed by atoms with Gasteiger partial charge in [0.05, 0.1) is 12.1 Å².